The van der Waals surface area contributed by atoms with Gasteiger partial charge in [-0.25, -0.2) is 13.8 Å². The SMILES string of the molecule is Cn1ncc2cccc(N3CCC(CN4CCN(c5ncc(Cl)c(Nc6ccc7c(c6)c6c(c(=O)n7C)OCC(F)(F)[C@H](C7CC7)N6)n5)C[C@H]4C(F)(F)F)CC3)c21. The van der Waals surface area contributed by atoms with Crippen molar-refractivity contribution in [3.8, 4) is 5.75 Å². The van der Waals surface area contributed by atoms with Crippen LogP contribution < -0.4 is 30.7 Å². The topological polar surface area (TPSA) is 109 Å². The van der Waals surface area contributed by atoms with Gasteiger partial charge in [-0.1, -0.05) is 23.7 Å². The van der Waals surface area contributed by atoms with Crippen LogP contribution in [0.5, 0.6) is 5.75 Å². The minimum Gasteiger partial charge on any atom is -0.480 e. The second-order valence-corrected chi connectivity index (χ2v) is 16.1. The zero-order chi connectivity index (χ0) is 39.8. The molecule has 0 amide bonds. The summed E-state index contributed by atoms with van der Waals surface area (Å²) in [6.07, 6.45) is 1.55. The molecule has 2 saturated heterocycles. The summed E-state index contributed by atoms with van der Waals surface area (Å²) >= 11 is 6.53. The highest BCUT2D eigenvalue weighted by Gasteiger charge is 2.51. The molecular weight excluding hydrogens is 771 g/mol. The Hall–Kier alpha value is -4.90. The summed E-state index contributed by atoms with van der Waals surface area (Å²) in [5, 5.41) is 12.1. The van der Waals surface area contributed by atoms with Gasteiger partial charge in [-0.05, 0) is 61.8 Å². The molecule has 12 nitrogen and oxygen atoms in total. The number of hydrogen-bond donors (Lipinski definition) is 2. The number of para-hydroxylation sites is 1. The van der Waals surface area contributed by atoms with E-state index in [-0.39, 0.29) is 59.7 Å². The Morgan fingerprint density at radius 3 is 2.56 bits per heavy atom. The molecule has 3 fully saturated rings. The number of piperidine rings is 1. The summed E-state index contributed by atoms with van der Waals surface area (Å²) in [6.45, 7) is 1.03. The molecule has 2 N–H and O–H groups in total. The second kappa shape index (κ2) is 14.2. The number of alkyl halides is 5. The smallest absolute Gasteiger partial charge is 0.405 e. The Kier molecular flexibility index (Phi) is 9.37. The molecular formula is C39H42ClF5N10O2. The average molecular weight is 813 g/mol. The van der Waals surface area contributed by atoms with Crippen LogP contribution in [0.4, 0.5) is 50.8 Å². The monoisotopic (exact) mass is 812 g/mol. The molecule has 2 aromatic carbocycles. The quantitative estimate of drug-likeness (QED) is 0.171. The molecule has 0 radical (unpaired) electrons. The van der Waals surface area contributed by atoms with E-state index in [9.17, 15) is 18.0 Å². The van der Waals surface area contributed by atoms with Gasteiger partial charge in [0.05, 0.1) is 40.8 Å². The molecule has 0 unspecified atom stereocenters. The summed E-state index contributed by atoms with van der Waals surface area (Å²) in [7, 11) is 3.45. The number of nitrogens with zero attached hydrogens (tertiary/aromatic N) is 8. The fourth-order valence-corrected chi connectivity index (χ4v) is 8.85. The van der Waals surface area contributed by atoms with Crippen molar-refractivity contribution in [1.82, 2.24) is 29.2 Å². The average Bonchev–Trinajstić information content (AvgIpc) is 3.98. The number of nitrogens with one attached hydrogen (secondary N) is 2. The van der Waals surface area contributed by atoms with Gasteiger partial charge in [-0.3, -0.25) is 14.4 Å². The summed E-state index contributed by atoms with van der Waals surface area (Å²) in [6, 6.07) is 8.22. The summed E-state index contributed by atoms with van der Waals surface area (Å²) < 4.78 is 83.1. The van der Waals surface area contributed by atoms with E-state index < -0.39 is 36.3 Å². The summed E-state index contributed by atoms with van der Waals surface area (Å²) in [5.74, 6) is -3.26. The fraction of sp³-hybridized carbons (Fsp3) is 0.487. The maximum absolute atomic E-state index is 15.1. The van der Waals surface area contributed by atoms with Crippen molar-refractivity contribution in [2.45, 2.75) is 49.9 Å². The fourth-order valence-electron chi connectivity index (χ4n) is 8.71. The standard InChI is InChI=1S/C39H42ClF5N10O2/c1-51-28-9-8-25(16-26(28)31-33(36(51)56)57-21-38(41,42)34(49-31)23-6-7-23)48-35-27(40)18-46-37(50-35)55-15-14-54(30(20-55)39(43,44)45)19-22-10-12-53(13-11-22)29-5-3-4-24-17-47-52(2)32(24)29/h3-5,8-9,16-18,22-23,30,34,49H,6-7,10-15,19-21H2,1-2H3,(H,46,48,50)/t30-,34-/m0/s1. The van der Waals surface area contributed by atoms with Gasteiger partial charge in [0.1, 0.15) is 11.1 Å². The Morgan fingerprint density at radius 2 is 1.81 bits per heavy atom. The van der Waals surface area contributed by atoms with Crippen LogP contribution in [0.25, 0.3) is 21.8 Å². The van der Waals surface area contributed by atoms with E-state index in [1.54, 1.807) is 30.1 Å². The normalized spacial score (nSPS) is 22.0. The zero-order valence-electron chi connectivity index (χ0n) is 31.4. The Labute approximate surface area is 329 Å². The highest BCUT2D eigenvalue weighted by molar-refractivity contribution is 6.33. The molecule has 0 bridgehead atoms. The molecule has 2 atom stereocenters. The first-order valence-electron chi connectivity index (χ1n) is 19.2. The van der Waals surface area contributed by atoms with Gasteiger partial charge in [0.2, 0.25) is 11.7 Å². The first kappa shape index (κ1) is 37.7. The lowest BCUT2D eigenvalue weighted by atomic mass is 9.94. The van der Waals surface area contributed by atoms with Gasteiger partial charge in [-0.15, -0.1) is 0 Å². The number of aryl methyl sites for hydroxylation is 2. The lowest BCUT2D eigenvalue weighted by Gasteiger charge is -2.44. The van der Waals surface area contributed by atoms with E-state index in [1.165, 1.54) is 15.7 Å². The zero-order valence-corrected chi connectivity index (χ0v) is 32.1. The predicted octanol–water partition coefficient (Wildman–Crippen LogP) is 6.80. The molecule has 5 aromatic rings. The van der Waals surface area contributed by atoms with Crippen molar-refractivity contribution in [2.75, 3.05) is 66.3 Å². The Bertz CT molecular complexity index is 2390. The van der Waals surface area contributed by atoms with Gasteiger partial charge < -0.3 is 29.7 Å². The molecule has 57 heavy (non-hydrogen) atoms. The third-order valence-corrected chi connectivity index (χ3v) is 12.2. The summed E-state index contributed by atoms with van der Waals surface area (Å²) in [5.41, 5.74) is 2.72. The molecule has 302 valence electrons. The number of piperazine rings is 1. The highest BCUT2D eigenvalue weighted by atomic mass is 35.5. The number of fused-ring (bicyclic) bond motifs is 4. The maximum atomic E-state index is 15.1. The van der Waals surface area contributed by atoms with Crippen LogP contribution >= 0.6 is 11.6 Å². The van der Waals surface area contributed by atoms with Crippen LogP contribution in [0.15, 0.2) is 53.6 Å². The van der Waals surface area contributed by atoms with E-state index in [4.69, 9.17) is 16.3 Å². The van der Waals surface area contributed by atoms with Crippen LogP contribution in [0, 0.1) is 11.8 Å². The van der Waals surface area contributed by atoms with Crippen molar-refractivity contribution in [1.29, 1.82) is 0 Å². The van der Waals surface area contributed by atoms with Gasteiger partial charge >= 0.3 is 12.1 Å². The number of ether oxygens (including phenoxy) is 1. The number of rotatable bonds is 7. The minimum absolute atomic E-state index is 0.0927. The maximum Gasteiger partial charge on any atom is 0.405 e. The molecule has 3 aliphatic heterocycles. The predicted molar refractivity (Wildman–Crippen MR) is 209 cm³/mol. The van der Waals surface area contributed by atoms with Gasteiger partial charge in [0.25, 0.3) is 5.56 Å². The molecule has 18 heteroatoms. The molecule has 1 saturated carbocycles. The van der Waals surface area contributed by atoms with Crippen LogP contribution in [-0.4, -0.2) is 99.3 Å². The number of aromatic nitrogens is 5. The van der Waals surface area contributed by atoms with E-state index in [0.717, 1.165) is 42.5 Å². The van der Waals surface area contributed by atoms with Crippen LogP contribution in [0.3, 0.4) is 0 Å². The highest BCUT2D eigenvalue weighted by Crippen LogP contribution is 2.46. The van der Waals surface area contributed by atoms with Gasteiger partial charge in [0, 0.05) is 69.8 Å². The number of halogens is 6. The molecule has 3 aromatic heterocycles. The van der Waals surface area contributed by atoms with Crippen molar-refractivity contribution in [3.05, 3.63) is 64.2 Å². The van der Waals surface area contributed by atoms with E-state index in [2.05, 4.69) is 36.7 Å². The Balaban J connectivity index is 0.912. The van der Waals surface area contributed by atoms with E-state index in [1.807, 2.05) is 30.1 Å². The lowest BCUT2D eigenvalue weighted by molar-refractivity contribution is -0.186. The van der Waals surface area contributed by atoms with Gasteiger partial charge in [-0.2, -0.15) is 23.3 Å². The Morgan fingerprint density at radius 1 is 1.02 bits per heavy atom. The van der Waals surface area contributed by atoms with E-state index >= 15 is 8.78 Å². The third kappa shape index (κ3) is 7.06. The first-order chi connectivity index (χ1) is 27.2. The lowest BCUT2D eigenvalue weighted by Crippen LogP contribution is -2.60. The molecule has 6 heterocycles. The third-order valence-electron chi connectivity index (χ3n) is 11.9. The van der Waals surface area contributed by atoms with Crippen molar-refractivity contribution >= 4 is 62.2 Å². The van der Waals surface area contributed by atoms with Gasteiger partial charge in [0.15, 0.2) is 12.4 Å². The molecule has 1 aliphatic carbocycles. The largest absolute Gasteiger partial charge is 0.480 e. The van der Waals surface area contributed by atoms with Crippen molar-refractivity contribution < 1.29 is 26.7 Å². The van der Waals surface area contributed by atoms with Crippen molar-refractivity contribution in [3.63, 3.8) is 0 Å². The second-order valence-electron chi connectivity index (χ2n) is 15.7. The number of anilines is 5. The van der Waals surface area contributed by atoms with Crippen molar-refractivity contribution in [2.24, 2.45) is 25.9 Å². The molecule has 4 aliphatic rings. The van der Waals surface area contributed by atoms with Crippen LogP contribution in [-0.2, 0) is 14.1 Å². The number of pyridine rings is 1. The number of benzene rings is 2. The molecule has 0 spiro atoms. The van der Waals surface area contributed by atoms with E-state index in [0.29, 0.717) is 36.0 Å². The number of hydrogen-bond acceptors (Lipinski definition) is 10. The first-order valence-corrected chi connectivity index (χ1v) is 19.6. The van der Waals surface area contributed by atoms with Crippen LogP contribution in [0.2, 0.25) is 5.02 Å². The van der Waals surface area contributed by atoms with Crippen LogP contribution in [0.1, 0.15) is 25.7 Å². The molecule has 9 rings (SSSR count). The minimum atomic E-state index is -4.48. The summed E-state index contributed by atoms with van der Waals surface area (Å²) in [4.78, 5) is 27.5.